The number of fused-ring (bicyclic) bond motifs is 1. The number of allylic oxidation sites excluding steroid dienone is 1. The van der Waals surface area contributed by atoms with Gasteiger partial charge in [-0.2, -0.15) is 0 Å². The van der Waals surface area contributed by atoms with E-state index >= 15 is 0 Å². The zero-order valence-electron chi connectivity index (χ0n) is 22.8. The summed E-state index contributed by atoms with van der Waals surface area (Å²) in [5.74, 6) is -0.937. The van der Waals surface area contributed by atoms with E-state index in [4.69, 9.17) is 30.6 Å². The summed E-state index contributed by atoms with van der Waals surface area (Å²) >= 11 is 6.25. The number of piperidine rings is 1. The summed E-state index contributed by atoms with van der Waals surface area (Å²) in [6, 6.07) is 8.83. The highest BCUT2D eigenvalue weighted by atomic mass is 35.5. The number of phenols is 1. The average Bonchev–Trinajstić information content (AvgIpc) is 3.39. The molecule has 9 nitrogen and oxygen atoms in total. The fourth-order valence-electron chi connectivity index (χ4n) is 7.24. The first-order valence-electron chi connectivity index (χ1n) is 13.2. The minimum atomic E-state index is -0.886. The fraction of sp³-hybridized carbons (Fsp3) is 0.433. The molecule has 2 aromatic rings. The number of nitrogens with zero attached hydrogens (tertiary/aromatic N) is 2. The Labute approximate surface area is 237 Å². The van der Waals surface area contributed by atoms with Crippen molar-refractivity contribution in [3.63, 3.8) is 0 Å². The predicted octanol–water partition coefficient (Wildman–Crippen LogP) is 3.94. The Hall–Kier alpha value is -3.56. The number of ether oxygens (including phenoxy) is 3. The number of aromatic hydroxyl groups is 1. The second kappa shape index (κ2) is 9.82. The minimum Gasteiger partial charge on any atom is -0.504 e. The van der Waals surface area contributed by atoms with Gasteiger partial charge in [0.1, 0.15) is 11.6 Å². The molecule has 0 aromatic heterocycles. The molecule has 2 aliphatic heterocycles. The molecule has 40 heavy (non-hydrogen) atoms. The van der Waals surface area contributed by atoms with Crippen LogP contribution in [-0.2, 0) is 35.7 Å². The molecule has 0 saturated carbocycles. The SMILES string of the molecule is COC(=O)[C@@H]1C(c2cccc(Cl)c2)=NO[C@H]1c1cc(OC)c(O)c2c1C[C@H]1[C@H]3C=C(OC)C(=O)C[C@@]23CCN1C. The van der Waals surface area contributed by atoms with Crippen molar-refractivity contribution in [2.75, 3.05) is 34.9 Å². The monoisotopic (exact) mass is 566 g/mol. The molecule has 0 radical (unpaired) electrons. The molecular formula is C30H31ClN2O7. The van der Waals surface area contributed by atoms with Crippen LogP contribution in [-0.4, -0.2) is 68.4 Å². The number of carbonyl (C=O) groups is 2. The molecule has 2 aromatic carbocycles. The Balaban J connectivity index is 1.55. The van der Waals surface area contributed by atoms with E-state index < -0.39 is 23.4 Å². The highest BCUT2D eigenvalue weighted by molar-refractivity contribution is 6.31. The lowest BCUT2D eigenvalue weighted by Crippen LogP contribution is -2.60. The molecule has 210 valence electrons. The lowest BCUT2D eigenvalue weighted by Gasteiger charge is -2.57. The molecular weight excluding hydrogens is 536 g/mol. The van der Waals surface area contributed by atoms with Gasteiger partial charge in [0.25, 0.3) is 0 Å². The first-order valence-corrected chi connectivity index (χ1v) is 13.6. The zero-order chi connectivity index (χ0) is 28.3. The number of ketones is 1. The van der Waals surface area contributed by atoms with Gasteiger partial charge in [0, 0.05) is 45.5 Å². The van der Waals surface area contributed by atoms with Crippen molar-refractivity contribution >= 4 is 29.1 Å². The van der Waals surface area contributed by atoms with Crippen LogP contribution >= 0.6 is 11.6 Å². The number of phenolic OH excluding ortho intramolecular Hbond substituents is 1. The van der Waals surface area contributed by atoms with E-state index in [0.29, 0.717) is 46.0 Å². The Morgan fingerprint density at radius 3 is 2.73 bits per heavy atom. The number of carbonyl (C=O) groups excluding carboxylic acids is 2. The number of methoxy groups -OCH3 is 3. The van der Waals surface area contributed by atoms with Crippen molar-refractivity contribution in [3.05, 3.63) is 69.4 Å². The third kappa shape index (κ3) is 3.82. The molecule has 5 atom stereocenters. The van der Waals surface area contributed by atoms with E-state index in [-0.39, 0.29) is 35.7 Å². The average molecular weight is 567 g/mol. The lowest BCUT2D eigenvalue weighted by atomic mass is 9.53. The van der Waals surface area contributed by atoms with Crippen molar-refractivity contribution in [2.45, 2.75) is 36.8 Å². The van der Waals surface area contributed by atoms with Crippen molar-refractivity contribution in [1.82, 2.24) is 4.90 Å². The molecule has 2 bridgehead atoms. The molecule has 0 spiro atoms. The van der Waals surface area contributed by atoms with Crippen LogP contribution in [0.5, 0.6) is 11.5 Å². The van der Waals surface area contributed by atoms with E-state index in [9.17, 15) is 14.7 Å². The van der Waals surface area contributed by atoms with Gasteiger partial charge < -0.3 is 29.1 Å². The number of esters is 1. The van der Waals surface area contributed by atoms with Gasteiger partial charge in [0.05, 0.1) is 21.3 Å². The summed E-state index contributed by atoms with van der Waals surface area (Å²) in [4.78, 5) is 34.8. The summed E-state index contributed by atoms with van der Waals surface area (Å²) in [5, 5.41) is 16.5. The van der Waals surface area contributed by atoms with Crippen LogP contribution in [0.1, 0.15) is 41.2 Å². The molecule has 0 amide bonds. The van der Waals surface area contributed by atoms with Gasteiger partial charge in [0.2, 0.25) is 0 Å². The van der Waals surface area contributed by atoms with Crippen molar-refractivity contribution in [1.29, 1.82) is 0 Å². The van der Waals surface area contributed by atoms with Crippen LogP contribution in [0.4, 0.5) is 0 Å². The van der Waals surface area contributed by atoms with Gasteiger partial charge in [-0.15, -0.1) is 0 Å². The number of likely N-dealkylation sites (tertiary alicyclic amines) is 1. The number of benzene rings is 2. The third-order valence-corrected chi connectivity index (χ3v) is 9.35. The molecule has 6 rings (SSSR count). The molecule has 1 fully saturated rings. The second-order valence-corrected chi connectivity index (χ2v) is 11.3. The number of rotatable bonds is 5. The first kappa shape index (κ1) is 26.7. The van der Waals surface area contributed by atoms with Crippen LogP contribution < -0.4 is 4.74 Å². The van der Waals surface area contributed by atoms with Gasteiger partial charge in [0.15, 0.2) is 29.1 Å². The van der Waals surface area contributed by atoms with Gasteiger partial charge in [-0.1, -0.05) is 28.9 Å². The molecule has 10 heteroatoms. The highest BCUT2D eigenvalue weighted by Crippen LogP contribution is 2.59. The summed E-state index contributed by atoms with van der Waals surface area (Å²) in [7, 11) is 6.40. The van der Waals surface area contributed by atoms with Gasteiger partial charge in [-0.25, -0.2) is 0 Å². The number of halogens is 1. The summed E-state index contributed by atoms with van der Waals surface area (Å²) < 4.78 is 16.3. The maximum atomic E-state index is 13.3. The van der Waals surface area contributed by atoms with Crippen molar-refractivity contribution in [3.8, 4) is 11.5 Å². The molecule has 1 saturated heterocycles. The molecule has 2 heterocycles. The van der Waals surface area contributed by atoms with E-state index in [1.54, 1.807) is 24.3 Å². The number of oxime groups is 1. The molecule has 2 aliphatic carbocycles. The van der Waals surface area contributed by atoms with Crippen LogP contribution in [0.15, 0.2) is 47.3 Å². The summed E-state index contributed by atoms with van der Waals surface area (Å²) in [6.45, 7) is 0.767. The van der Waals surface area contributed by atoms with E-state index in [0.717, 1.165) is 12.1 Å². The normalized spacial score (nSPS) is 29.0. The Kier molecular flexibility index (Phi) is 6.54. The van der Waals surface area contributed by atoms with Gasteiger partial charge in [-0.3, -0.25) is 9.59 Å². The van der Waals surface area contributed by atoms with Crippen molar-refractivity contribution < 1.29 is 33.7 Å². The Bertz CT molecular complexity index is 1470. The number of hydrogen-bond donors (Lipinski definition) is 1. The predicted molar refractivity (Wildman–Crippen MR) is 147 cm³/mol. The molecule has 0 unspecified atom stereocenters. The van der Waals surface area contributed by atoms with Crippen LogP contribution in [0, 0.1) is 11.8 Å². The third-order valence-electron chi connectivity index (χ3n) is 9.11. The highest BCUT2D eigenvalue weighted by Gasteiger charge is 2.58. The lowest BCUT2D eigenvalue weighted by molar-refractivity contribution is -0.146. The van der Waals surface area contributed by atoms with E-state index in [1.165, 1.54) is 21.3 Å². The van der Waals surface area contributed by atoms with Gasteiger partial charge in [-0.05, 0) is 56.3 Å². The summed E-state index contributed by atoms with van der Waals surface area (Å²) in [5.41, 5.74) is 2.59. The maximum absolute atomic E-state index is 13.3. The standard InChI is InChI=1S/C30H31ClN2O7/c1-33-9-8-30-14-21(34)22(37-2)13-19(30)20(33)11-17-18(12-23(38-3)27(35)25(17)30)28-24(29(36)39-4)26(32-40-28)15-6-5-7-16(31)10-15/h5-7,10,12-13,19-20,24,28,35H,8-9,11,14H2,1-4H3/t19-,20+,24-,28+,30-/m1/s1. The second-order valence-electron chi connectivity index (χ2n) is 10.9. The van der Waals surface area contributed by atoms with E-state index in [2.05, 4.69) is 17.1 Å². The quantitative estimate of drug-likeness (QED) is 0.543. The topological polar surface area (TPSA) is 107 Å². The molecule has 1 N–H and O–H groups in total. The minimum absolute atomic E-state index is 0.0138. The largest absolute Gasteiger partial charge is 0.504 e. The number of Topliss-reactive ketones (excluding diaryl/α,β-unsaturated/α-hetero) is 1. The number of likely N-dealkylation sites (N-methyl/N-ethyl adjacent to an activating group) is 1. The molecule has 4 aliphatic rings. The van der Waals surface area contributed by atoms with E-state index in [1.807, 2.05) is 12.1 Å². The Morgan fingerprint density at radius 2 is 2.02 bits per heavy atom. The van der Waals surface area contributed by atoms with Crippen LogP contribution in [0.2, 0.25) is 5.02 Å². The fourth-order valence-corrected chi connectivity index (χ4v) is 7.43. The smallest absolute Gasteiger partial charge is 0.319 e. The van der Waals surface area contributed by atoms with Crippen molar-refractivity contribution in [2.24, 2.45) is 17.0 Å². The Morgan fingerprint density at radius 1 is 1.23 bits per heavy atom. The van der Waals surface area contributed by atoms with Crippen LogP contribution in [0.25, 0.3) is 0 Å². The number of hydrogen-bond acceptors (Lipinski definition) is 9. The van der Waals surface area contributed by atoms with Gasteiger partial charge >= 0.3 is 5.97 Å². The zero-order valence-corrected chi connectivity index (χ0v) is 23.5. The maximum Gasteiger partial charge on any atom is 0.319 e. The first-order chi connectivity index (χ1) is 19.2. The van der Waals surface area contributed by atoms with Crippen LogP contribution in [0.3, 0.4) is 0 Å². The summed E-state index contributed by atoms with van der Waals surface area (Å²) in [6.07, 6.45) is 2.51.